The molecule has 7 nitrogen and oxygen atoms in total. The van der Waals surface area contributed by atoms with Crippen LogP contribution in [0.3, 0.4) is 0 Å². The molecule has 0 aromatic heterocycles. The molecule has 0 radical (unpaired) electrons. The molecule has 0 saturated heterocycles. The van der Waals surface area contributed by atoms with Crippen molar-refractivity contribution in [2.45, 2.75) is 91.0 Å². The van der Waals surface area contributed by atoms with Gasteiger partial charge in [0.05, 0.1) is 0 Å². The number of nitrogens with one attached hydrogen (secondary N) is 2. The molecule has 3 aromatic carbocycles. The number of fused-ring (bicyclic) bond motifs is 1. The van der Waals surface area contributed by atoms with Crippen LogP contribution in [0.5, 0.6) is 0 Å². The zero-order valence-electron chi connectivity index (χ0n) is 25.1. The Balaban J connectivity index is 1.73. The maximum absolute atomic E-state index is 14.5. The Morgan fingerprint density at radius 1 is 0.976 bits per heavy atom. The summed E-state index contributed by atoms with van der Waals surface area (Å²) in [5.41, 5.74) is 1.70. The van der Waals surface area contributed by atoms with E-state index in [1.54, 1.807) is 25.7 Å². The number of amides is 3. The fourth-order valence-electron chi connectivity index (χ4n) is 5.22. The summed E-state index contributed by atoms with van der Waals surface area (Å²) in [6, 6.07) is 19.7. The minimum absolute atomic E-state index is 0.109. The van der Waals surface area contributed by atoms with E-state index in [0.29, 0.717) is 12.1 Å². The smallest absolute Gasteiger partial charge is 0.408 e. The minimum Gasteiger partial charge on any atom is -0.444 e. The first kappa shape index (κ1) is 30.1. The monoisotopic (exact) mass is 557 g/mol. The van der Waals surface area contributed by atoms with E-state index in [1.165, 1.54) is 0 Å². The minimum atomic E-state index is -0.869. The maximum atomic E-state index is 14.5. The van der Waals surface area contributed by atoms with Gasteiger partial charge in [0.1, 0.15) is 17.7 Å². The third-order valence-electron chi connectivity index (χ3n) is 7.78. The van der Waals surface area contributed by atoms with Crippen molar-refractivity contribution < 1.29 is 19.1 Å². The Labute approximate surface area is 243 Å². The normalized spacial score (nSPS) is 15.8. The van der Waals surface area contributed by atoms with Crippen LogP contribution in [0.15, 0.2) is 66.7 Å². The first-order chi connectivity index (χ1) is 19.5. The second-order valence-corrected chi connectivity index (χ2v) is 12.2. The molecule has 1 aliphatic rings. The van der Waals surface area contributed by atoms with Gasteiger partial charge in [0, 0.05) is 11.7 Å². The van der Waals surface area contributed by atoms with E-state index in [1.807, 2.05) is 87.5 Å². The maximum Gasteiger partial charge on any atom is 0.408 e. The lowest BCUT2D eigenvalue weighted by atomic mass is 9.86. The fourth-order valence-corrected chi connectivity index (χ4v) is 5.22. The largest absolute Gasteiger partial charge is 0.444 e. The van der Waals surface area contributed by atoms with Crippen molar-refractivity contribution in [3.8, 4) is 0 Å². The summed E-state index contributed by atoms with van der Waals surface area (Å²) >= 11 is 0. The predicted molar refractivity (Wildman–Crippen MR) is 164 cm³/mol. The van der Waals surface area contributed by atoms with E-state index in [-0.39, 0.29) is 23.8 Å². The van der Waals surface area contributed by atoms with Crippen molar-refractivity contribution in [3.63, 3.8) is 0 Å². The van der Waals surface area contributed by atoms with Crippen LogP contribution in [-0.4, -0.2) is 40.5 Å². The molecule has 4 rings (SSSR count). The third kappa shape index (κ3) is 7.46. The van der Waals surface area contributed by atoms with Gasteiger partial charge in [-0.25, -0.2) is 4.79 Å². The summed E-state index contributed by atoms with van der Waals surface area (Å²) in [5.74, 6) is -0.722. The average molecular weight is 558 g/mol. The van der Waals surface area contributed by atoms with Crippen LogP contribution in [0, 0.1) is 12.8 Å². The number of hydrogen-bond donors (Lipinski definition) is 2. The highest BCUT2D eigenvalue weighted by atomic mass is 16.6. The van der Waals surface area contributed by atoms with Gasteiger partial charge in [-0.15, -0.1) is 0 Å². The van der Waals surface area contributed by atoms with Crippen LogP contribution in [-0.2, 0) is 14.3 Å². The van der Waals surface area contributed by atoms with Gasteiger partial charge in [-0.2, -0.15) is 0 Å². The Morgan fingerprint density at radius 3 is 2.29 bits per heavy atom. The van der Waals surface area contributed by atoms with E-state index in [2.05, 4.69) is 10.6 Å². The van der Waals surface area contributed by atoms with Crippen LogP contribution in [0.4, 0.5) is 10.5 Å². The molecule has 3 aromatic rings. The molecular weight excluding hydrogens is 514 g/mol. The van der Waals surface area contributed by atoms with Crippen LogP contribution in [0.25, 0.3) is 10.8 Å². The molecule has 3 amide bonds. The molecule has 41 heavy (non-hydrogen) atoms. The molecule has 3 atom stereocenters. The Kier molecular flexibility index (Phi) is 9.36. The van der Waals surface area contributed by atoms with Gasteiger partial charge in [-0.1, -0.05) is 80.4 Å². The number of carbonyl (C=O) groups excluding carboxylic acids is 3. The van der Waals surface area contributed by atoms with Crippen LogP contribution in [0.1, 0.15) is 77.5 Å². The number of nitrogens with zero attached hydrogens (tertiary/aromatic N) is 1. The van der Waals surface area contributed by atoms with Gasteiger partial charge < -0.3 is 20.3 Å². The van der Waals surface area contributed by atoms with Gasteiger partial charge in [0.2, 0.25) is 5.91 Å². The highest BCUT2D eigenvalue weighted by Crippen LogP contribution is 2.35. The van der Waals surface area contributed by atoms with Gasteiger partial charge in [0.25, 0.3) is 5.91 Å². The van der Waals surface area contributed by atoms with Crippen molar-refractivity contribution in [1.82, 2.24) is 10.2 Å². The molecule has 2 N–H and O–H groups in total. The summed E-state index contributed by atoms with van der Waals surface area (Å²) in [6.45, 7) is 11.3. The molecule has 218 valence electrons. The van der Waals surface area contributed by atoms with E-state index < -0.39 is 23.8 Å². The first-order valence-corrected chi connectivity index (χ1v) is 14.6. The Bertz CT molecular complexity index is 1390. The standard InChI is InChI=1S/C34H43N3O4/c1-7-23(3)29(36-33(40)41-34(4,5)6)32(39)37(28-16-11-17-28)30(26-15-10-12-22(2)20-26)31(38)35-27-19-18-24-13-8-9-14-25(24)21-27/h8-10,12-15,18-21,23,28-30H,7,11,16-17H2,1-6H3,(H,35,38)(H,36,40). The molecule has 0 spiro atoms. The Morgan fingerprint density at radius 2 is 1.68 bits per heavy atom. The van der Waals surface area contributed by atoms with E-state index in [0.717, 1.165) is 41.2 Å². The highest BCUT2D eigenvalue weighted by Gasteiger charge is 2.43. The summed E-state index contributed by atoms with van der Waals surface area (Å²) in [7, 11) is 0. The summed E-state index contributed by atoms with van der Waals surface area (Å²) < 4.78 is 5.52. The number of benzene rings is 3. The van der Waals surface area contributed by atoms with Crippen molar-refractivity contribution >= 4 is 34.4 Å². The fraction of sp³-hybridized carbons (Fsp3) is 0.441. The van der Waals surface area contributed by atoms with Crippen molar-refractivity contribution in [3.05, 3.63) is 77.9 Å². The number of alkyl carbamates (subject to hydrolysis) is 1. The predicted octanol–water partition coefficient (Wildman–Crippen LogP) is 7.15. The van der Waals surface area contributed by atoms with Crippen LogP contribution < -0.4 is 10.6 Å². The molecule has 1 fully saturated rings. The lowest BCUT2D eigenvalue weighted by molar-refractivity contribution is -0.147. The average Bonchev–Trinajstić information content (AvgIpc) is 2.88. The molecule has 0 heterocycles. The number of carbonyl (C=O) groups is 3. The summed E-state index contributed by atoms with van der Waals surface area (Å²) in [5, 5.41) is 8.05. The van der Waals surface area contributed by atoms with Crippen molar-refractivity contribution in [1.29, 1.82) is 0 Å². The van der Waals surface area contributed by atoms with E-state index in [4.69, 9.17) is 4.74 Å². The first-order valence-electron chi connectivity index (χ1n) is 14.6. The highest BCUT2D eigenvalue weighted by molar-refractivity contribution is 6.00. The second-order valence-electron chi connectivity index (χ2n) is 12.2. The molecular formula is C34H43N3O4. The van der Waals surface area contributed by atoms with Crippen LogP contribution in [0.2, 0.25) is 0 Å². The molecule has 7 heteroatoms. The zero-order chi connectivity index (χ0) is 29.7. The number of ether oxygens (including phenoxy) is 1. The lowest BCUT2D eigenvalue weighted by Crippen LogP contribution is -2.58. The zero-order valence-corrected chi connectivity index (χ0v) is 25.1. The molecule has 0 aliphatic heterocycles. The van der Waals surface area contributed by atoms with Crippen molar-refractivity contribution in [2.24, 2.45) is 5.92 Å². The molecule has 1 saturated carbocycles. The van der Waals surface area contributed by atoms with E-state index in [9.17, 15) is 14.4 Å². The van der Waals surface area contributed by atoms with Crippen LogP contribution >= 0.6 is 0 Å². The quantitative estimate of drug-likeness (QED) is 0.293. The second kappa shape index (κ2) is 12.8. The van der Waals surface area contributed by atoms with Gasteiger partial charge >= 0.3 is 6.09 Å². The lowest BCUT2D eigenvalue weighted by Gasteiger charge is -2.44. The van der Waals surface area contributed by atoms with Gasteiger partial charge in [-0.05, 0) is 81.3 Å². The number of anilines is 1. The SMILES string of the molecule is CCC(C)C(NC(=O)OC(C)(C)C)C(=O)N(C1CCC1)C(C(=O)Nc1ccc2ccccc2c1)c1cccc(C)c1. The topological polar surface area (TPSA) is 87.7 Å². The third-order valence-corrected chi connectivity index (χ3v) is 7.78. The molecule has 3 unspecified atom stereocenters. The number of aryl methyl sites for hydroxylation is 1. The number of rotatable bonds is 9. The van der Waals surface area contributed by atoms with E-state index >= 15 is 0 Å². The molecule has 0 bridgehead atoms. The van der Waals surface area contributed by atoms with Gasteiger partial charge in [0.15, 0.2) is 0 Å². The summed E-state index contributed by atoms with van der Waals surface area (Å²) in [4.78, 5) is 43.3. The van der Waals surface area contributed by atoms with Gasteiger partial charge in [-0.3, -0.25) is 9.59 Å². The Hall–Kier alpha value is -3.87. The summed E-state index contributed by atoms with van der Waals surface area (Å²) in [6.07, 6.45) is 2.61. The molecule has 1 aliphatic carbocycles. The van der Waals surface area contributed by atoms with Crippen molar-refractivity contribution in [2.75, 3.05) is 5.32 Å². The number of hydrogen-bond acceptors (Lipinski definition) is 4.